The number of likely N-dealkylation sites (N-methyl/N-ethyl adjacent to an activating group) is 1. The summed E-state index contributed by atoms with van der Waals surface area (Å²) in [6, 6.07) is 9.71. The summed E-state index contributed by atoms with van der Waals surface area (Å²) >= 11 is 0. The first-order valence-electron chi connectivity index (χ1n) is 5.55. The van der Waals surface area contributed by atoms with Gasteiger partial charge in [-0.3, -0.25) is 4.90 Å². The molecule has 1 rings (SSSR count). The van der Waals surface area contributed by atoms with E-state index in [9.17, 15) is 5.11 Å². The molecule has 1 aromatic rings. The number of aryl methyl sites for hydroxylation is 1. The lowest BCUT2D eigenvalue weighted by Gasteiger charge is -2.18. The van der Waals surface area contributed by atoms with Gasteiger partial charge in [0, 0.05) is 6.54 Å². The third-order valence-corrected chi connectivity index (χ3v) is 2.39. The van der Waals surface area contributed by atoms with Crippen LogP contribution in [0.2, 0.25) is 0 Å². The molecule has 1 unspecified atom stereocenters. The molecule has 4 nitrogen and oxygen atoms in total. The van der Waals surface area contributed by atoms with E-state index in [1.165, 1.54) is 0 Å². The molecule has 0 heterocycles. The molecule has 0 aliphatic carbocycles. The monoisotopic (exact) mass is 234 g/mol. The van der Waals surface area contributed by atoms with E-state index in [4.69, 9.17) is 10.00 Å². The van der Waals surface area contributed by atoms with Crippen LogP contribution in [0.4, 0.5) is 0 Å². The number of hydrogen-bond donors (Lipinski definition) is 1. The Hall–Kier alpha value is -1.57. The predicted molar refractivity (Wildman–Crippen MR) is 65.8 cm³/mol. The predicted octanol–water partition coefficient (Wildman–Crippen LogP) is 1.19. The van der Waals surface area contributed by atoms with Crippen LogP contribution in [0, 0.1) is 18.3 Å². The molecule has 1 aromatic carbocycles. The Kier molecular flexibility index (Phi) is 5.47. The van der Waals surface area contributed by atoms with Gasteiger partial charge in [-0.2, -0.15) is 5.26 Å². The normalized spacial score (nSPS) is 12.2. The van der Waals surface area contributed by atoms with Gasteiger partial charge < -0.3 is 9.84 Å². The van der Waals surface area contributed by atoms with Gasteiger partial charge in [-0.05, 0) is 25.6 Å². The van der Waals surface area contributed by atoms with Crippen molar-refractivity contribution in [3.63, 3.8) is 0 Å². The molecular formula is C13H18N2O2. The average Bonchev–Trinajstić information content (AvgIpc) is 2.28. The average molecular weight is 234 g/mol. The van der Waals surface area contributed by atoms with Crippen molar-refractivity contribution in [1.29, 1.82) is 5.26 Å². The lowest BCUT2D eigenvalue weighted by Crippen LogP contribution is -2.33. The molecule has 0 saturated heterocycles. The molecule has 0 radical (unpaired) electrons. The third kappa shape index (κ3) is 4.85. The quantitative estimate of drug-likeness (QED) is 0.751. The Balaban J connectivity index is 2.36. The molecule has 1 N–H and O–H groups in total. The number of rotatable bonds is 6. The van der Waals surface area contributed by atoms with E-state index in [0.29, 0.717) is 13.1 Å². The standard InChI is InChI=1S/C13H18N2O2/c1-11-5-3-4-6-13(11)17-10-12(16)9-15(2)8-7-14/h3-6,12,16H,8-10H2,1-2H3. The van der Waals surface area contributed by atoms with E-state index >= 15 is 0 Å². The fourth-order valence-corrected chi connectivity index (χ4v) is 1.50. The Labute approximate surface area is 102 Å². The van der Waals surface area contributed by atoms with Crippen molar-refractivity contribution in [3.8, 4) is 11.8 Å². The van der Waals surface area contributed by atoms with Crippen LogP contribution in [0.3, 0.4) is 0 Å². The molecule has 0 bridgehead atoms. The number of benzene rings is 1. The summed E-state index contributed by atoms with van der Waals surface area (Å²) < 4.78 is 5.52. The highest BCUT2D eigenvalue weighted by Gasteiger charge is 2.09. The SMILES string of the molecule is Cc1ccccc1OCC(O)CN(C)CC#N. The lowest BCUT2D eigenvalue weighted by molar-refractivity contribution is 0.0796. The smallest absolute Gasteiger partial charge is 0.122 e. The Bertz CT molecular complexity index is 387. The zero-order valence-electron chi connectivity index (χ0n) is 10.3. The zero-order chi connectivity index (χ0) is 12.7. The summed E-state index contributed by atoms with van der Waals surface area (Å²) in [7, 11) is 1.79. The third-order valence-electron chi connectivity index (χ3n) is 2.39. The minimum Gasteiger partial charge on any atom is -0.491 e. The van der Waals surface area contributed by atoms with Crippen molar-refractivity contribution in [2.24, 2.45) is 0 Å². The van der Waals surface area contributed by atoms with Gasteiger partial charge in [-0.1, -0.05) is 18.2 Å². The van der Waals surface area contributed by atoms with Gasteiger partial charge in [-0.15, -0.1) is 0 Å². The van der Waals surface area contributed by atoms with Crippen LogP contribution >= 0.6 is 0 Å². The molecule has 0 aromatic heterocycles. The minimum absolute atomic E-state index is 0.237. The van der Waals surface area contributed by atoms with E-state index in [1.807, 2.05) is 37.3 Å². The summed E-state index contributed by atoms with van der Waals surface area (Å²) in [5.41, 5.74) is 1.05. The number of para-hydroxylation sites is 1. The summed E-state index contributed by atoms with van der Waals surface area (Å²) in [6.07, 6.45) is -0.590. The number of hydrogen-bond acceptors (Lipinski definition) is 4. The van der Waals surface area contributed by atoms with Crippen LogP contribution in [0.15, 0.2) is 24.3 Å². The molecule has 17 heavy (non-hydrogen) atoms. The molecule has 0 aliphatic heterocycles. The maximum Gasteiger partial charge on any atom is 0.122 e. The van der Waals surface area contributed by atoms with Gasteiger partial charge in [0.05, 0.1) is 12.6 Å². The molecule has 0 amide bonds. The van der Waals surface area contributed by atoms with E-state index < -0.39 is 6.10 Å². The second-order valence-corrected chi connectivity index (χ2v) is 4.09. The highest BCUT2D eigenvalue weighted by atomic mass is 16.5. The topological polar surface area (TPSA) is 56.5 Å². The van der Waals surface area contributed by atoms with Crippen molar-refractivity contribution in [2.45, 2.75) is 13.0 Å². The molecular weight excluding hydrogens is 216 g/mol. The van der Waals surface area contributed by atoms with Crippen LogP contribution in [0.5, 0.6) is 5.75 Å². The largest absolute Gasteiger partial charge is 0.491 e. The van der Waals surface area contributed by atoms with Crippen molar-refractivity contribution >= 4 is 0 Å². The number of nitriles is 1. The molecule has 0 saturated carbocycles. The highest BCUT2D eigenvalue weighted by Crippen LogP contribution is 2.16. The van der Waals surface area contributed by atoms with Gasteiger partial charge in [0.15, 0.2) is 0 Å². The molecule has 0 aliphatic rings. The van der Waals surface area contributed by atoms with Gasteiger partial charge >= 0.3 is 0 Å². The Morgan fingerprint density at radius 3 is 2.82 bits per heavy atom. The first-order chi connectivity index (χ1) is 8.13. The van der Waals surface area contributed by atoms with Gasteiger partial charge in [0.2, 0.25) is 0 Å². The number of ether oxygens (including phenoxy) is 1. The Morgan fingerprint density at radius 1 is 1.47 bits per heavy atom. The maximum absolute atomic E-state index is 9.72. The van der Waals surface area contributed by atoms with Gasteiger partial charge in [0.1, 0.15) is 18.5 Å². The van der Waals surface area contributed by atoms with Crippen molar-refractivity contribution in [2.75, 3.05) is 26.7 Å². The summed E-state index contributed by atoms with van der Waals surface area (Å²) in [6.45, 7) is 2.94. The number of aliphatic hydroxyl groups is 1. The van der Waals surface area contributed by atoms with Crippen molar-refractivity contribution in [1.82, 2.24) is 4.90 Å². The second-order valence-electron chi connectivity index (χ2n) is 4.09. The van der Waals surface area contributed by atoms with Crippen molar-refractivity contribution in [3.05, 3.63) is 29.8 Å². The zero-order valence-corrected chi connectivity index (χ0v) is 10.3. The van der Waals surface area contributed by atoms with E-state index in [0.717, 1.165) is 11.3 Å². The van der Waals surface area contributed by atoms with E-state index in [1.54, 1.807) is 11.9 Å². The molecule has 92 valence electrons. The summed E-state index contributed by atoms with van der Waals surface area (Å²) in [5, 5.41) is 18.2. The molecule has 1 atom stereocenters. The summed E-state index contributed by atoms with van der Waals surface area (Å²) in [5.74, 6) is 0.787. The molecule has 0 spiro atoms. The highest BCUT2D eigenvalue weighted by molar-refractivity contribution is 5.31. The number of aliphatic hydroxyl groups excluding tert-OH is 1. The van der Waals surface area contributed by atoms with Crippen LogP contribution in [-0.4, -0.2) is 42.9 Å². The fraction of sp³-hybridized carbons (Fsp3) is 0.462. The van der Waals surface area contributed by atoms with Crippen LogP contribution in [0.1, 0.15) is 5.56 Å². The first kappa shape index (κ1) is 13.5. The minimum atomic E-state index is -0.590. The molecule has 4 heteroatoms. The maximum atomic E-state index is 9.72. The summed E-state index contributed by atoms with van der Waals surface area (Å²) in [4.78, 5) is 1.76. The van der Waals surface area contributed by atoms with E-state index in [-0.39, 0.29) is 6.61 Å². The lowest BCUT2D eigenvalue weighted by atomic mass is 10.2. The van der Waals surface area contributed by atoms with Crippen molar-refractivity contribution < 1.29 is 9.84 Å². The van der Waals surface area contributed by atoms with Gasteiger partial charge in [0.25, 0.3) is 0 Å². The van der Waals surface area contributed by atoms with Crippen LogP contribution < -0.4 is 4.74 Å². The molecule has 0 fully saturated rings. The number of nitrogens with zero attached hydrogens (tertiary/aromatic N) is 2. The van der Waals surface area contributed by atoms with Crippen LogP contribution in [0.25, 0.3) is 0 Å². The Morgan fingerprint density at radius 2 is 2.18 bits per heavy atom. The van der Waals surface area contributed by atoms with E-state index in [2.05, 4.69) is 0 Å². The fourth-order valence-electron chi connectivity index (χ4n) is 1.50. The van der Waals surface area contributed by atoms with Crippen LogP contribution in [-0.2, 0) is 0 Å². The second kappa shape index (κ2) is 6.89. The first-order valence-corrected chi connectivity index (χ1v) is 5.55. The van der Waals surface area contributed by atoms with Gasteiger partial charge in [-0.25, -0.2) is 0 Å².